The van der Waals surface area contributed by atoms with E-state index in [1.54, 1.807) is 23.6 Å². The smallest absolute Gasteiger partial charge is 0.269 e. The molecule has 0 N–H and O–H groups in total. The Labute approximate surface area is 120 Å². The largest absolute Gasteiger partial charge is 0.378 e. The molecule has 1 aliphatic rings. The summed E-state index contributed by atoms with van der Waals surface area (Å²) in [6, 6.07) is 1.64. The highest BCUT2D eigenvalue weighted by Crippen LogP contribution is 2.12. The summed E-state index contributed by atoms with van der Waals surface area (Å²) >= 11 is 1.58. The van der Waals surface area contributed by atoms with Crippen molar-refractivity contribution in [3.63, 3.8) is 0 Å². The Bertz CT molecular complexity index is 646. The van der Waals surface area contributed by atoms with Crippen LogP contribution in [0, 0.1) is 6.92 Å². The van der Waals surface area contributed by atoms with Gasteiger partial charge in [-0.2, -0.15) is 5.10 Å². The van der Waals surface area contributed by atoms with Crippen LogP contribution in [0.2, 0.25) is 0 Å². The molecule has 3 heterocycles. The Kier molecular flexibility index (Phi) is 3.79. The van der Waals surface area contributed by atoms with Crippen molar-refractivity contribution in [3.8, 4) is 0 Å². The molecular formula is C13H16N4O2S. The van der Waals surface area contributed by atoms with E-state index in [-0.39, 0.29) is 5.56 Å². The van der Waals surface area contributed by atoms with Crippen LogP contribution in [0.25, 0.3) is 0 Å². The monoisotopic (exact) mass is 292 g/mol. The second-order valence-corrected chi connectivity index (χ2v) is 5.73. The standard InChI is InChI=1S/C13H16N4O2S/c1-10-15-11(9-20-10)8-17-13(18)6-12(7-14-17)16-2-4-19-5-3-16/h6-7,9H,2-5,8H2,1H3. The maximum atomic E-state index is 12.1. The highest BCUT2D eigenvalue weighted by Gasteiger charge is 2.13. The number of ether oxygens (including phenoxy) is 1. The Balaban J connectivity index is 1.78. The Morgan fingerprint density at radius 1 is 1.40 bits per heavy atom. The number of hydrogen-bond donors (Lipinski definition) is 0. The molecule has 2 aromatic heterocycles. The number of hydrogen-bond acceptors (Lipinski definition) is 6. The summed E-state index contributed by atoms with van der Waals surface area (Å²) in [6.45, 7) is 5.37. The molecule has 106 valence electrons. The van der Waals surface area contributed by atoms with E-state index in [4.69, 9.17) is 4.74 Å². The average Bonchev–Trinajstić information content (AvgIpc) is 2.87. The Hall–Kier alpha value is -1.73. The van der Waals surface area contributed by atoms with Crippen molar-refractivity contribution in [2.75, 3.05) is 31.2 Å². The number of aryl methyl sites for hydroxylation is 1. The maximum Gasteiger partial charge on any atom is 0.269 e. The van der Waals surface area contributed by atoms with Crippen LogP contribution in [-0.4, -0.2) is 41.1 Å². The van der Waals surface area contributed by atoms with E-state index in [0.717, 1.165) is 29.5 Å². The first kappa shape index (κ1) is 13.3. The number of morpholine rings is 1. The molecule has 20 heavy (non-hydrogen) atoms. The third-order valence-corrected chi connectivity index (χ3v) is 4.03. The third kappa shape index (κ3) is 2.88. The number of thiazole rings is 1. The van der Waals surface area contributed by atoms with Crippen molar-refractivity contribution >= 4 is 17.0 Å². The maximum absolute atomic E-state index is 12.1. The molecule has 0 bridgehead atoms. The van der Waals surface area contributed by atoms with Crippen molar-refractivity contribution in [3.05, 3.63) is 38.7 Å². The Morgan fingerprint density at radius 2 is 2.20 bits per heavy atom. The molecule has 6 nitrogen and oxygen atoms in total. The lowest BCUT2D eigenvalue weighted by molar-refractivity contribution is 0.122. The molecule has 0 aliphatic carbocycles. The summed E-state index contributed by atoms with van der Waals surface area (Å²) in [7, 11) is 0. The van der Waals surface area contributed by atoms with E-state index in [2.05, 4.69) is 15.0 Å². The number of nitrogens with zero attached hydrogens (tertiary/aromatic N) is 4. The quantitative estimate of drug-likeness (QED) is 0.841. The van der Waals surface area contributed by atoms with Gasteiger partial charge in [-0.15, -0.1) is 11.3 Å². The molecule has 1 aliphatic heterocycles. The predicted molar refractivity (Wildman–Crippen MR) is 77.5 cm³/mol. The second-order valence-electron chi connectivity index (χ2n) is 4.67. The molecule has 7 heteroatoms. The zero-order valence-corrected chi connectivity index (χ0v) is 12.1. The first-order chi connectivity index (χ1) is 9.72. The van der Waals surface area contributed by atoms with Gasteiger partial charge in [0.05, 0.1) is 42.3 Å². The molecule has 0 aromatic carbocycles. The minimum Gasteiger partial charge on any atom is -0.378 e. The van der Waals surface area contributed by atoms with Gasteiger partial charge in [-0.3, -0.25) is 4.79 Å². The number of rotatable bonds is 3. The van der Waals surface area contributed by atoms with Gasteiger partial charge in [-0.05, 0) is 6.92 Å². The summed E-state index contributed by atoms with van der Waals surface area (Å²) in [4.78, 5) is 18.6. The van der Waals surface area contributed by atoms with Crippen LogP contribution < -0.4 is 10.5 Å². The van der Waals surface area contributed by atoms with Crippen LogP contribution in [0.1, 0.15) is 10.7 Å². The first-order valence-electron chi connectivity index (χ1n) is 6.53. The fourth-order valence-electron chi connectivity index (χ4n) is 2.17. The van der Waals surface area contributed by atoms with E-state index in [9.17, 15) is 4.79 Å². The minimum atomic E-state index is -0.0976. The number of aromatic nitrogens is 3. The lowest BCUT2D eigenvalue weighted by atomic mass is 10.3. The van der Waals surface area contributed by atoms with Crippen LogP contribution in [0.3, 0.4) is 0 Å². The predicted octanol–water partition coefficient (Wildman–Crippen LogP) is 0.893. The van der Waals surface area contributed by atoms with Crippen LogP contribution in [0.15, 0.2) is 22.4 Å². The topological polar surface area (TPSA) is 60.3 Å². The fourth-order valence-corrected chi connectivity index (χ4v) is 2.78. The number of anilines is 1. The summed E-state index contributed by atoms with van der Waals surface area (Å²) in [5.41, 5.74) is 1.64. The molecule has 0 atom stereocenters. The van der Waals surface area contributed by atoms with Crippen molar-refractivity contribution < 1.29 is 4.74 Å². The van der Waals surface area contributed by atoms with Gasteiger partial charge >= 0.3 is 0 Å². The SMILES string of the molecule is Cc1nc(Cn2ncc(N3CCOCC3)cc2=O)cs1. The summed E-state index contributed by atoms with van der Waals surface area (Å²) in [5, 5.41) is 7.20. The first-order valence-corrected chi connectivity index (χ1v) is 7.41. The van der Waals surface area contributed by atoms with Crippen LogP contribution in [0.5, 0.6) is 0 Å². The molecule has 2 aromatic rings. The molecule has 0 amide bonds. The fraction of sp³-hybridized carbons (Fsp3) is 0.462. The van der Waals surface area contributed by atoms with Gasteiger partial charge in [0.25, 0.3) is 5.56 Å². The molecule has 3 rings (SSSR count). The van der Waals surface area contributed by atoms with Crippen LogP contribution >= 0.6 is 11.3 Å². The van der Waals surface area contributed by atoms with Gasteiger partial charge in [0.2, 0.25) is 0 Å². The second kappa shape index (κ2) is 5.72. The van der Waals surface area contributed by atoms with E-state index < -0.39 is 0 Å². The van der Waals surface area contributed by atoms with E-state index in [1.807, 2.05) is 12.3 Å². The molecule has 1 fully saturated rings. The van der Waals surface area contributed by atoms with Gasteiger partial charge in [0.15, 0.2) is 0 Å². The van der Waals surface area contributed by atoms with E-state index in [0.29, 0.717) is 19.8 Å². The van der Waals surface area contributed by atoms with E-state index in [1.165, 1.54) is 4.68 Å². The van der Waals surface area contributed by atoms with Crippen molar-refractivity contribution in [1.29, 1.82) is 0 Å². The highest BCUT2D eigenvalue weighted by atomic mass is 32.1. The molecule has 0 spiro atoms. The van der Waals surface area contributed by atoms with Gasteiger partial charge < -0.3 is 9.64 Å². The van der Waals surface area contributed by atoms with E-state index >= 15 is 0 Å². The molecule has 0 unspecified atom stereocenters. The molecule has 0 saturated carbocycles. The van der Waals surface area contributed by atoms with Gasteiger partial charge in [0.1, 0.15) is 0 Å². The summed E-state index contributed by atoms with van der Waals surface area (Å²) in [5.74, 6) is 0. The minimum absolute atomic E-state index is 0.0976. The molecule has 0 radical (unpaired) electrons. The van der Waals surface area contributed by atoms with Crippen LogP contribution in [-0.2, 0) is 11.3 Å². The van der Waals surface area contributed by atoms with Gasteiger partial charge in [-0.25, -0.2) is 9.67 Å². The zero-order chi connectivity index (χ0) is 13.9. The lowest BCUT2D eigenvalue weighted by Gasteiger charge is -2.28. The van der Waals surface area contributed by atoms with Crippen molar-refractivity contribution in [2.45, 2.75) is 13.5 Å². The summed E-state index contributed by atoms with van der Waals surface area (Å²) < 4.78 is 6.75. The zero-order valence-electron chi connectivity index (χ0n) is 11.3. The molecular weight excluding hydrogens is 276 g/mol. The van der Waals surface area contributed by atoms with Crippen molar-refractivity contribution in [2.24, 2.45) is 0 Å². The Morgan fingerprint density at radius 3 is 2.85 bits per heavy atom. The normalized spacial score (nSPS) is 15.6. The van der Waals surface area contributed by atoms with Gasteiger partial charge in [-0.1, -0.05) is 0 Å². The van der Waals surface area contributed by atoms with Crippen molar-refractivity contribution in [1.82, 2.24) is 14.8 Å². The lowest BCUT2D eigenvalue weighted by Crippen LogP contribution is -2.37. The summed E-state index contributed by atoms with van der Waals surface area (Å²) in [6.07, 6.45) is 1.74. The average molecular weight is 292 g/mol. The highest BCUT2D eigenvalue weighted by molar-refractivity contribution is 7.09. The van der Waals surface area contributed by atoms with Crippen LogP contribution in [0.4, 0.5) is 5.69 Å². The molecule has 1 saturated heterocycles. The third-order valence-electron chi connectivity index (χ3n) is 3.21. The van der Waals surface area contributed by atoms with Gasteiger partial charge in [0, 0.05) is 24.5 Å².